The summed E-state index contributed by atoms with van der Waals surface area (Å²) < 4.78 is 0. The summed E-state index contributed by atoms with van der Waals surface area (Å²) in [5, 5.41) is 5.99. The summed E-state index contributed by atoms with van der Waals surface area (Å²) in [6, 6.07) is 0.563. The second-order valence-electron chi connectivity index (χ2n) is 3.62. The fourth-order valence-corrected chi connectivity index (χ4v) is 1.62. The predicted octanol–water partition coefficient (Wildman–Crippen LogP) is -0.242. The van der Waals surface area contributed by atoms with Crippen molar-refractivity contribution in [3.05, 3.63) is 12.2 Å². The van der Waals surface area contributed by atoms with Crippen molar-refractivity contribution < 1.29 is 4.79 Å². The molecule has 1 atom stereocenters. The van der Waals surface area contributed by atoms with Gasteiger partial charge in [-0.2, -0.15) is 0 Å². The van der Waals surface area contributed by atoms with E-state index in [1.807, 2.05) is 0 Å². The third-order valence-corrected chi connectivity index (χ3v) is 2.47. The van der Waals surface area contributed by atoms with Crippen molar-refractivity contribution in [2.24, 2.45) is 5.73 Å². The van der Waals surface area contributed by atoms with Crippen molar-refractivity contribution in [1.29, 1.82) is 0 Å². The van der Waals surface area contributed by atoms with Gasteiger partial charge in [0, 0.05) is 32.1 Å². The lowest BCUT2D eigenvalue weighted by Crippen LogP contribution is -2.44. The second kappa shape index (κ2) is 5.78. The summed E-state index contributed by atoms with van der Waals surface area (Å²) >= 11 is 0. The maximum Gasteiger partial charge on any atom is 0.221 e. The van der Waals surface area contributed by atoms with Crippen LogP contribution in [0.5, 0.6) is 0 Å². The smallest absolute Gasteiger partial charge is 0.221 e. The molecule has 1 rings (SSSR count). The fraction of sp³-hybridized carbons (Fsp3) is 0.700. The Morgan fingerprint density at radius 1 is 1.57 bits per heavy atom. The highest BCUT2D eigenvalue weighted by atomic mass is 16.1. The van der Waals surface area contributed by atoms with Gasteiger partial charge in [0.05, 0.1) is 0 Å². The van der Waals surface area contributed by atoms with Crippen LogP contribution in [-0.4, -0.2) is 31.6 Å². The number of hydrogen-bond acceptors (Lipinski definition) is 3. The largest absolute Gasteiger partial charge is 0.359 e. The first-order chi connectivity index (χ1) is 6.76. The van der Waals surface area contributed by atoms with Crippen LogP contribution in [0.4, 0.5) is 0 Å². The molecule has 0 fully saturated rings. The average molecular weight is 197 g/mol. The number of nitrogens with two attached hydrogens (primary N) is 1. The molecule has 0 saturated heterocycles. The third kappa shape index (κ3) is 3.47. The Hall–Kier alpha value is -0.870. The molecule has 0 saturated carbocycles. The van der Waals surface area contributed by atoms with Crippen molar-refractivity contribution in [2.45, 2.75) is 31.3 Å². The van der Waals surface area contributed by atoms with Gasteiger partial charge in [0.1, 0.15) is 0 Å². The minimum atomic E-state index is 0.0407. The average Bonchev–Trinajstić information content (AvgIpc) is 2.69. The van der Waals surface area contributed by atoms with Gasteiger partial charge in [-0.15, -0.1) is 0 Å². The van der Waals surface area contributed by atoms with E-state index in [1.54, 1.807) is 7.05 Å². The zero-order valence-electron chi connectivity index (χ0n) is 8.62. The van der Waals surface area contributed by atoms with Crippen LogP contribution in [-0.2, 0) is 4.79 Å². The molecule has 4 nitrogen and oxygen atoms in total. The molecular formula is C10H19N3O. The number of nitrogens with one attached hydrogen (secondary N) is 2. The van der Waals surface area contributed by atoms with Crippen LogP contribution in [0, 0.1) is 0 Å². The van der Waals surface area contributed by atoms with E-state index in [2.05, 4.69) is 22.8 Å². The van der Waals surface area contributed by atoms with E-state index in [-0.39, 0.29) is 11.9 Å². The summed E-state index contributed by atoms with van der Waals surface area (Å²) in [4.78, 5) is 11.1. The lowest BCUT2D eigenvalue weighted by molar-refractivity contribution is -0.121. The lowest BCUT2D eigenvalue weighted by atomic mass is 10.1. The van der Waals surface area contributed by atoms with Gasteiger partial charge in [-0.25, -0.2) is 0 Å². The Morgan fingerprint density at radius 3 is 2.71 bits per heavy atom. The number of rotatable bonds is 5. The van der Waals surface area contributed by atoms with Gasteiger partial charge in [0.2, 0.25) is 5.91 Å². The van der Waals surface area contributed by atoms with Crippen molar-refractivity contribution in [2.75, 3.05) is 13.6 Å². The Labute approximate surface area is 84.9 Å². The van der Waals surface area contributed by atoms with Crippen molar-refractivity contribution in [3.63, 3.8) is 0 Å². The normalized spacial score (nSPS) is 18.4. The molecule has 1 amide bonds. The Bertz CT molecular complexity index is 207. The van der Waals surface area contributed by atoms with Gasteiger partial charge in [0.15, 0.2) is 0 Å². The van der Waals surface area contributed by atoms with Gasteiger partial charge in [-0.3, -0.25) is 4.79 Å². The molecule has 4 N–H and O–H groups in total. The van der Waals surface area contributed by atoms with E-state index in [9.17, 15) is 4.79 Å². The predicted molar refractivity (Wildman–Crippen MR) is 56.8 cm³/mol. The Morgan fingerprint density at radius 2 is 2.21 bits per heavy atom. The first-order valence-electron chi connectivity index (χ1n) is 5.08. The Kier molecular flexibility index (Phi) is 4.62. The SMILES string of the molecule is CNC(=O)CC(CN)NC1CC=CC1. The summed E-state index contributed by atoms with van der Waals surface area (Å²) in [7, 11) is 1.65. The molecular weight excluding hydrogens is 178 g/mol. The molecule has 0 aromatic heterocycles. The van der Waals surface area contributed by atoms with Crippen molar-refractivity contribution in [3.8, 4) is 0 Å². The standard InChI is InChI=1S/C10H19N3O/c1-12-10(14)6-9(7-11)13-8-4-2-3-5-8/h2-3,8-9,13H,4-7,11H2,1H3,(H,12,14). The number of carbonyl (C=O) groups is 1. The highest BCUT2D eigenvalue weighted by molar-refractivity contribution is 5.76. The molecule has 0 spiro atoms. The molecule has 0 aromatic carbocycles. The molecule has 0 aliphatic heterocycles. The highest BCUT2D eigenvalue weighted by Crippen LogP contribution is 2.10. The fourth-order valence-electron chi connectivity index (χ4n) is 1.62. The third-order valence-electron chi connectivity index (χ3n) is 2.47. The minimum absolute atomic E-state index is 0.0407. The van der Waals surface area contributed by atoms with Gasteiger partial charge >= 0.3 is 0 Å². The molecule has 4 heteroatoms. The zero-order chi connectivity index (χ0) is 10.4. The second-order valence-corrected chi connectivity index (χ2v) is 3.62. The highest BCUT2D eigenvalue weighted by Gasteiger charge is 2.16. The van der Waals surface area contributed by atoms with Crippen LogP contribution < -0.4 is 16.4 Å². The van der Waals surface area contributed by atoms with Gasteiger partial charge in [-0.05, 0) is 12.8 Å². The van der Waals surface area contributed by atoms with Crippen molar-refractivity contribution >= 4 is 5.91 Å². The summed E-state index contributed by atoms with van der Waals surface area (Å²) in [6.45, 7) is 0.504. The molecule has 0 aromatic rings. The lowest BCUT2D eigenvalue weighted by Gasteiger charge is -2.20. The Balaban J connectivity index is 2.27. The zero-order valence-corrected chi connectivity index (χ0v) is 8.62. The molecule has 0 radical (unpaired) electrons. The maximum absolute atomic E-state index is 11.1. The molecule has 80 valence electrons. The first-order valence-corrected chi connectivity index (χ1v) is 5.08. The number of hydrogen-bond donors (Lipinski definition) is 3. The molecule has 1 unspecified atom stereocenters. The molecule has 14 heavy (non-hydrogen) atoms. The maximum atomic E-state index is 11.1. The van der Waals surface area contributed by atoms with Crippen LogP contribution in [0.3, 0.4) is 0 Å². The molecule has 1 aliphatic carbocycles. The summed E-state index contributed by atoms with van der Waals surface area (Å²) in [5.74, 6) is 0.0407. The quantitative estimate of drug-likeness (QED) is 0.533. The van der Waals surface area contributed by atoms with Crippen LogP contribution in [0.2, 0.25) is 0 Å². The molecule has 0 bridgehead atoms. The van der Waals surface area contributed by atoms with Gasteiger partial charge in [0.25, 0.3) is 0 Å². The topological polar surface area (TPSA) is 67.2 Å². The van der Waals surface area contributed by atoms with Gasteiger partial charge in [-0.1, -0.05) is 12.2 Å². The van der Waals surface area contributed by atoms with Crippen LogP contribution in [0.25, 0.3) is 0 Å². The van der Waals surface area contributed by atoms with E-state index < -0.39 is 0 Å². The summed E-state index contributed by atoms with van der Waals surface area (Å²) in [6.07, 6.45) is 6.87. The van der Waals surface area contributed by atoms with Crippen molar-refractivity contribution in [1.82, 2.24) is 10.6 Å². The number of amides is 1. The van der Waals surface area contributed by atoms with Crippen LogP contribution >= 0.6 is 0 Å². The first kappa shape index (κ1) is 11.2. The van der Waals surface area contributed by atoms with Crippen LogP contribution in [0.1, 0.15) is 19.3 Å². The van der Waals surface area contributed by atoms with E-state index in [0.717, 1.165) is 12.8 Å². The van der Waals surface area contributed by atoms with E-state index in [1.165, 1.54) is 0 Å². The van der Waals surface area contributed by atoms with E-state index >= 15 is 0 Å². The van der Waals surface area contributed by atoms with Gasteiger partial charge < -0.3 is 16.4 Å². The van der Waals surface area contributed by atoms with Crippen LogP contribution in [0.15, 0.2) is 12.2 Å². The summed E-state index contributed by atoms with van der Waals surface area (Å²) in [5.41, 5.74) is 5.59. The molecule has 1 aliphatic rings. The monoisotopic (exact) mass is 197 g/mol. The molecule has 0 heterocycles. The van der Waals surface area contributed by atoms with E-state index in [4.69, 9.17) is 5.73 Å². The minimum Gasteiger partial charge on any atom is -0.359 e. The van der Waals surface area contributed by atoms with E-state index in [0.29, 0.717) is 19.0 Å². The number of carbonyl (C=O) groups excluding carboxylic acids is 1.